The van der Waals surface area contributed by atoms with Crippen LogP contribution in [0, 0.1) is 0 Å². The number of nitrogens with zero attached hydrogens (tertiary/aromatic N) is 2. The first-order valence-corrected chi connectivity index (χ1v) is 7.19. The van der Waals surface area contributed by atoms with E-state index in [2.05, 4.69) is 34.1 Å². The minimum Gasteiger partial charge on any atom is -0.326 e. The molecule has 1 aliphatic carbocycles. The Morgan fingerprint density at radius 1 is 1.16 bits per heavy atom. The van der Waals surface area contributed by atoms with Crippen LogP contribution in [-0.2, 0) is 0 Å². The number of pyridine rings is 1. The van der Waals surface area contributed by atoms with Crippen molar-refractivity contribution in [2.24, 2.45) is 5.73 Å². The van der Waals surface area contributed by atoms with Crippen LogP contribution in [0.4, 0.5) is 0 Å². The SMILES string of the molecule is NC1CCN(C2CC2)C1c1ccc2ncccc2c1. The van der Waals surface area contributed by atoms with Crippen LogP contribution >= 0.6 is 0 Å². The Morgan fingerprint density at radius 2 is 2.05 bits per heavy atom. The Kier molecular flexibility index (Phi) is 2.57. The van der Waals surface area contributed by atoms with Crippen LogP contribution in [0.3, 0.4) is 0 Å². The molecule has 0 radical (unpaired) electrons. The lowest BCUT2D eigenvalue weighted by molar-refractivity contribution is 0.237. The number of hydrogen-bond acceptors (Lipinski definition) is 3. The third-order valence-electron chi connectivity index (χ3n) is 4.47. The van der Waals surface area contributed by atoms with Crippen molar-refractivity contribution in [3.05, 3.63) is 42.1 Å². The number of hydrogen-bond donors (Lipinski definition) is 1. The number of benzene rings is 1. The Bertz CT molecular complexity index is 606. The first-order valence-electron chi connectivity index (χ1n) is 7.19. The molecule has 2 heterocycles. The lowest BCUT2D eigenvalue weighted by Gasteiger charge is -2.27. The maximum absolute atomic E-state index is 6.35. The maximum atomic E-state index is 6.35. The number of likely N-dealkylation sites (tertiary alicyclic amines) is 1. The monoisotopic (exact) mass is 253 g/mol. The van der Waals surface area contributed by atoms with Gasteiger partial charge in [-0.2, -0.15) is 0 Å². The van der Waals surface area contributed by atoms with Gasteiger partial charge in [-0.05, 0) is 43.0 Å². The molecule has 98 valence electrons. The summed E-state index contributed by atoms with van der Waals surface area (Å²) in [6, 6.07) is 12.2. The molecule has 0 bridgehead atoms. The van der Waals surface area contributed by atoms with E-state index in [-0.39, 0.29) is 6.04 Å². The zero-order valence-corrected chi connectivity index (χ0v) is 11.0. The zero-order chi connectivity index (χ0) is 12.8. The molecule has 2 unspecified atom stereocenters. The molecule has 2 N–H and O–H groups in total. The summed E-state index contributed by atoms with van der Waals surface area (Å²) >= 11 is 0. The Balaban J connectivity index is 1.75. The van der Waals surface area contributed by atoms with Gasteiger partial charge in [0.25, 0.3) is 0 Å². The van der Waals surface area contributed by atoms with Gasteiger partial charge in [-0.3, -0.25) is 9.88 Å². The number of rotatable bonds is 2. The standard InChI is InChI=1S/C16H19N3/c17-14-7-9-19(13-4-5-13)16(14)12-3-6-15-11(10-12)2-1-8-18-15/h1-3,6,8,10,13-14,16H,4-5,7,9,17H2. The van der Waals surface area contributed by atoms with Crippen molar-refractivity contribution in [3.63, 3.8) is 0 Å². The highest BCUT2D eigenvalue weighted by molar-refractivity contribution is 5.79. The van der Waals surface area contributed by atoms with Crippen molar-refractivity contribution < 1.29 is 0 Å². The van der Waals surface area contributed by atoms with E-state index in [1.807, 2.05) is 12.3 Å². The van der Waals surface area contributed by atoms with E-state index in [4.69, 9.17) is 5.73 Å². The lowest BCUT2D eigenvalue weighted by Crippen LogP contribution is -2.33. The molecular weight excluding hydrogens is 234 g/mol. The third kappa shape index (κ3) is 1.94. The van der Waals surface area contributed by atoms with Crippen LogP contribution in [0.15, 0.2) is 36.5 Å². The summed E-state index contributed by atoms with van der Waals surface area (Å²) in [6.45, 7) is 1.15. The third-order valence-corrected chi connectivity index (χ3v) is 4.47. The smallest absolute Gasteiger partial charge is 0.0702 e. The van der Waals surface area contributed by atoms with Crippen LogP contribution in [-0.4, -0.2) is 28.5 Å². The molecule has 0 amide bonds. The zero-order valence-electron chi connectivity index (χ0n) is 11.0. The molecule has 4 rings (SSSR count). The van der Waals surface area contributed by atoms with Gasteiger partial charge in [-0.25, -0.2) is 0 Å². The highest BCUT2D eigenvalue weighted by atomic mass is 15.2. The summed E-state index contributed by atoms with van der Waals surface area (Å²) < 4.78 is 0. The van der Waals surface area contributed by atoms with Gasteiger partial charge in [0, 0.05) is 30.2 Å². The fourth-order valence-corrected chi connectivity index (χ4v) is 3.37. The van der Waals surface area contributed by atoms with Crippen molar-refractivity contribution in [1.29, 1.82) is 0 Å². The number of nitrogens with two attached hydrogens (primary N) is 1. The van der Waals surface area contributed by atoms with Gasteiger partial charge in [0.05, 0.1) is 11.6 Å². The van der Waals surface area contributed by atoms with Gasteiger partial charge in [0.15, 0.2) is 0 Å². The van der Waals surface area contributed by atoms with Crippen molar-refractivity contribution in [2.45, 2.75) is 37.4 Å². The Labute approximate surface area is 113 Å². The van der Waals surface area contributed by atoms with Gasteiger partial charge in [0.1, 0.15) is 0 Å². The molecule has 1 aliphatic heterocycles. The van der Waals surface area contributed by atoms with Crippen LogP contribution < -0.4 is 5.73 Å². The van der Waals surface area contributed by atoms with E-state index in [9.17, 15) is 0 Å². The molecular formula is C16H19N3. The van der Waals surface area contributed by atoms with Crippen molar-refractivity contribution in [2.75, 3.05) is 6.54 Å². The fraction of sp³-hybridized carbons (Fsp3) is 0.438. The predicted molar refractivity (Wildman–Crippen MR) is 76.8 cm³/mol. The average molecular weight is 253 g/mol. The first kappa shape index (κ1) is 11.4. The van der Waals surface area contributed by atoms with Crippen LogP contribution in [0.1, 0.15) is 30.9 Å². The van der Waals surface area contributed by atoms with E-state index < -0.39 is 0 Å². The summed E-state index contributed by atoms with van der Waals surface area (Å²) in [5.74, 6) is 0. The van der Waals surface area contributed by atoms with E-state index in [0.29, 0.717) is 6.04 Å². The van der Waals surface area contributed by atoms with E-state index >= 15 is 0 Å². The predicted octanol–water partition coefficient (Wildman–Crippen LogP) is 2.47. The molecule has 3 heteroatoms. The minimum atomic E-state index is 0.273. The molecule has 2 atom stereocenters. The minimum absolute atomic E-state index is 0.273. The molecule has 19 heavy (non-hydrogen) atoms. The van der Waals surface area contributed by atoms with Crippen molar-refractivity contribution >= 4 is 10.9 Å². The molecule has 2 fully saturated rings. The van der Waals surface area contributed by atoms with Crippen LogP contribution in [0.25, 0.3) is 10.9 Å². The van der Waals surface area contributed by atoms with E-state index in [1.54, 1.807) is 0 Å². The Hall–Kier alpha value is -1.45. The lowest BCUT2D eigenvalue weighted by atomic mass is 9.99. The maximum Gasteiger partial charge on any atom is 0.0702 e. The van der Waals surface area contributed by atoms with Crippen molar-refractivity contribution in [1.82, 2.24) is 9.88 Å². The largest absolute Gasteiger partial charge is 0.326 e. The summed E-state index contributed by atoms with van der Waals surface area (Å²) in [6.07, 6.45) is 5.66. The van der Waals surface area contributed by atoms with Crippen LogP contribution in [0.5, 0.6) is 0 Å². The summed E-state index contributed by atoms with van der Waals surface area (Å²) in [7, 11) is 0. The number of aromatic nitrogens is 1. The second kappa shape index (κ2) is 4.29. The molecule has 2 aliphatic rings. The van der Waals surface area contributed by atoms with Gasteiger partial charge in [0.2, 0.25) is 0 Å². The highest BCUT2D eigenvalue weighted by Crippen LogP contribution is 2.40. The average Bonchev–Trinajstić information content (AvgIpc) is 3.21. The van der Waals surface area contributed by atoms with Crippen LogP contribution in [0.2, 0.25) is 0 Å². The molecule has 1 aromatic carbocycles. The molecule has 2 aromatic rings. The molecule has 1 saturated heterocycles. The summed E-state index contributed by atoms with van der Waals surface area (Å²) in [4.78, 5) is 7.00. The normalized spacial score (nSPS) is 28.1. The Morgan fingerprint density at radius 3 is 2.89 bits per heavy atom. The number of fused-ring (bicyclic) bond motifs is 1. The topological polar surface area (TPSA) is 42.1 Å². The van der Waals surface area contributed by atoms with Crippen molar-refractivity contribution in [3.8, 4) is 0 Å². The van der Waals surface area contributed by atoms with E-state index in [0.717, 1.165) is 24.5 Å². The van der Waals surface area contributed by atoms with Gasteiger partial charge in [-0.1, -0.05) is 12.1 Å². The molecule has 3 nitrogen and oxygen atoms in total. The molecule has 1 saturated carbocycles. The molecule has 0 spiro atoms. The highest BCUT2D eigenvalue weighted by Gasteiger charge is 2.41. The summed E-state index contributed by atoms with van der Waals surface area (Å²) in [5.41, 5.74) is 8.78. The molecule has 1 aromatic heterocycles. The second-order valence-electron chi connectivity index (χ2n) is 5.82. The summed E-state index contributed by atoms with van der Waals surface area (Å²) in [5, 5.41) is 1.22. The van der Waals surface area contributed by atoms with Gasteiger partial charge < -0.3 is 5.73 Å². The van der Waals surface area contributed by atoms with Gasteiger partial charge >= 0.3 is 0 Å². The quantitative estimate of drug-likeness (QED) is 0.894. The second-order valence-corrected chi connectivity index (χ2v) is 5.82. The van der Waals surface area contributed by atoms with E-state index in [1.165, 1.54) is 23.8 Å². The first-order chi connectivity index (χ1) is 9.33. The fourth-order valence-electron chi connectivity index (χ4n) is 3.37. The van der Waals surface area contributed by atoms with Gasteiger partial charge in [-0.15, -0.1) is 0 Å².